The van der Waals surface area contributed by atoms with Crippen molar-refractivity contribution >= 4 is 46.9 Å². The Bertz CT molecular complexity index is 1640. The standard InChI is InChI=1S/C36H43N7O5S/c1-24-10-12-26(13-11-24)23-40-34(47)29(20-25-8-6-5-7-9-25)42-35(48)28(14-15-31(45)43-36(2,3)4)41-30(44)16-17-39-33(46)27(22-37)21-32-38-18-19-49-32/h5-13,18-19,21,28-29H,14-17,20,23H2,1-4H3,(H,39,46)(H,40,47)(H,41,44)(H,42,48)(H,43,45)/b27-21+/t28-,29-/m0/s1. The van der Waals surface area contributed by atoms with E-state index in [9.17, 15) is 29.2 Å². The van der Waals surface area contributed by atoms with Gasteiger partial charge in [0.15, 0.2) is 0 Å². The van der Waals surface area contributed by atoms with Crippen molar-refractivity contribution in [2.75, 3.05) is 6.54 Å². The first-order chi connectivity index (χ1) is 23.3. The van der Waals surface area contributed by atoms with Crippen LogP contribution in [0.4, 0.5) is 0 Å². The Morgan fingerprint density at radius 3 is 2.22 bits per heavy atom. The average Bonchev–Trinajstić information content (AvgIpc) is 3.57. The summed E-state index contributed by atoms with van der Waals surface area (Å²) < 4.78 is 0. The fourth-order valence-corrected chi connectivity index (χ4v) is 5.17. The molecule has 0 saturated carbocycles. The number of carbonyl (C=O) groups is 5. The number of carbonyl (C=O) groups excluding carboxylic acids is 5. The summed E-state index contributed by atoms with van der Waals surface area (Å²) >= 11 is 1.27. The Hall–Kier alpha value is -5.35. The van der Waals surface area contributed by atoms with Crippen LogP contribution in [0.1, 0.15) is 61.7 Å². The Kier molecular flexibility index (Phi) is 14.7. The van der Waals surface area contributed by atoms with E-state index in [1.165, 1.54) is 17.4 Å². The van der Waals surface area contributed by atoms with Gasteiger partial charge in [0.25, 0.3) is 5.91 Å². The van der Waals surface area contributed by atoms with Gasteiger partial charge in [0, 0.05) is 49.5 Å². The van der Waals surface area contributed by atoms with Gasteiger partial charge in [-0.15, -0.1) is 11.3 Å². The third-order valence-corrected chi connectivity index (χ3v) is 7.77. The lowest BCUT2D eigenvalue weighted by atomic mass is 10.0. The van der Waals surface area contributed by atoms with Gasteiger partial charge in [-0.2, -0.15) is 5.26 Å². The molecule has 0 fully saturated rings. The van der Waals surface area contributed by atoms with Crippen LogP contribution in [0.2, 0.25) is 0 Å². The average molecular weight is 686 g/mol. The normalized spacial score (nSPS) is 12.5. The van der Waals surface area contributed by atoms with E-state index in [0.717, 1.165) is 16.7 Å². The molecule has 0 aliphatic carbocycles. The van der Waals surface area contributed by atoms with Crippen molar-refractivity contribution in [2.45, 2.75) is 77.5 Å². The highest BCUT2D eigenvalue weighted by Crippen LogP contribution is 2.11. The van der Waals surface area contributed by atoms with Gasteiger partial charge in [0.1, 0.15) is 28.7 Å². The molecule has 0 aliphatic rings. The number of thiazole rings is 1. The van der Waals surface area contributed by atoms with Crippen molar-refractivity contribution in [1.29, 1.82) is 5.26 Å². The molecule has 0 bridgehead atoms. The Morgan fingerprint density at radius 1 is 0.878 bits per heavy atom. The van der Waals surface area contributed by atoms with Crippen LogP contribution in [0.5, 0.6) is 0 Å². The maximum Gasteiger partial charge on any atom is 0.262 e. The molecule has 5 N–H and O–H groups in total. The molecule has 0 saturated heterocycles. The van der Waals surface area contributed by atoms with E-state index < -0.39 is 41.3 Å². The fraction of sp³-hybridized carbons (Fsp3) is 0.361. The van der Waals surface area contributed by atoms with Crippen LogP contribution in [-0.4, -0.2) is 58.7 Å². The fourth-order valence-electron chi connectivity index (χ4n) is 4.60. The number of nitrogens with one attached hydrogen (secondary N) is 5. The quantitative estimate of drug-likeness (QED) is 0.113. The Morgan fingerprint density at radius 2 is 1.59 bits per heavy atom. The number of aryl methyl sites for hydroxylation is 1. The van der Waals surface area contributed by atoms with Crippen molar-refractivity contribution in [2.24, 2.45) is 0 Å². The van der Waals surface area contributed by atoms with Crippen LogP contribution < -0.4 is 26.6 Å². The van der Waals surface area contributed by atoms with Crippen LogP contribution in [0.15, 0.2) is 71.7 Å². The lowest BCUT2D eigenvalue weighted by Gasteiger charge is -2.24. The van der Waals surface area contributed by atoms with E-state index in [2.05, 4.69) is 31.6 Å². The van der Waals surface area contributed by atoms with Gasteiger partial charge < -0.3 is 26.6 Å². The van der Waals surface area contributed by atoms with Crippen molar-refractivity contribution in [3.63, 3.8) is 0 Å². The maximum absolute atomic E-state index is 13.7. The minimum atomic E-state index is -1.16. The van der Waals surface area contributed by atoms with Crippen molar-refractivity contribution in [3.8, 4) is 6.07 Å². The second-order valence-corrected chi connectivity index (χ2v) is 13.4. The third-order valence-electron chi connectivity index (χ3n) is 7.05. The number of hydrogen-bond donors (Lipinski definition) is 5. The lowest BCUT2D eigenvalue weighted by Crippen LogP contribution is -2.54. The second kappa shape index (κ2) is 18.8. The van der Waals surface area contributed by atoms with Crippen LogP contribution in [0, 0.1) is 18.3 Å². The predicted octanol–water partition coefficient (Wildman–Crippen LogP) is 3.09. The van der Waals surface area contributed by atoms with Crippen molar-refractivity contribution in [1.82, 2.24) is 31.6 Å². The summed E-state index contributed by atoms with van der Waals surface area (Å²) in [7, 11) is 0. The maximum atomic E-state index is 13.7. The number of benzene rings is 2. The molecular weight excluding hydrogens is 643 g/mol. The summed E-state index contributed by atoms with van der Waals surface area (Å²) in [6.07, 6.45) is 2.79. The van der Waals surface area contributed by atoms with Crippen molar-refractivity contribution < 1.29 is 24.0 Å². The minimum absolute atomic E-state index is 0.0377. The van der Waals surface area contributed by atoms with Crippen LogP contribution in [0.25, 0.3) is 6.08 Å². The van der Waals surface area contributed by atoms with E-state index >= 15 is 0 Å². The molecular formula is C36H43N7O5S. The zero-order valence-corrected chi connectivity index (χ0v) is 29.0. The van der Waals surface area contributed by atoms with Gasteiger partial charge in [0.2, 0.25) is 23.6 Å². The largest absolute Gasteiger partial charge is 0.352 e. The van der Waals surface area contributed by atoms with Gasteiger partial charge in [0.05, 0.1) is 0 Å². The molecule has 0 radical (unpaired) electrons. The Labute approximate surface area is 290 Å². The van der Waals surface area contributed by atoms with Gasteiger partial charge in [-0.1, -0.05) is 60.2 Å². The highest BCUT2D eigenvalue weighted by atomic mass is 32.1. The van der Waals surface area contributed by atoms with Crippen LogP contribution >= 0.6 is 11.3 Å². The third kappa shape index (κ3) is 14.1. The molecule has 3 aromatic rings. The first-order valence-corrected chi connectivity index (χ1v) is 16.8. The highest BCUT2D eigenvalue weighted by Gasteiger charge is 2.28. The van der Waals surface area contributed by atoms with Crippen LogP contribution in [-0.2, 0) is 36.9 Å². The molecule has 49 heavy (non-hydrogen) atoms. The van der Waals surface area contributed by atoms with E-state index in [0.29, 0.717) is 5.01 Å². The molecule has 0 spiro atoms. The zero-order valence-electron chi connectivity index (χ0n) is 28.2. The monoisotopic (exact) mass is 685 g/mol. The Balaban J connectivity index is 1.70. The number of aromatic nitrogens is 1. The summed E-state index contributed by atoms with van der Waals surface area (Å²) in [5.74, 6) is -2.58. The number of nitrogens with zero attached hydrogens (tertiary/aromatic N) is 2. The molecule has 2 aromatic carbocycles. The molecule has 1 aromatic heterocycles. The predicted molar refractivity (Wildman–Crippen MR) is 187 cm³/mol. The molecule has 3 rings (SSSR count). The smallest absolute Gasteiger partial charge is 0.262 e. The summed E-state index contributed by atoms with van der Waals surface area (Å²) in [5, 5.41) is 25.3. The molecule has 258 valence electrons. The summed E-state index contributed by atoms with van der Waals surface area (Å²) in [5.41, 5.74) is 2.14. The SMILES string of the molecule is Cc1ccc(CNC(=O)[C@H](Cc2ccccc2)NC(=O)[C@H](CCC(=O)NC(C)(C)C)NC(=O)CCNC(=O)/C(C#N)=C/c2nccs2)cc1. The van der Waals surface area contributed by atoms with Gasteiger partial charge in [-0.05, 0) is 51.3 Å². The summed E-state index contributed by atoms with van der Waals surface area (Å²) in [6, 6.07) is 16.6. The lowest BCUT2D eigenvalue weighted by molar-refractivity contribution is -0.133. The number of amides is 5. The first-order valence-electron chi connectivity index (χ1n) is 15.9. The molecule has 0 aliphatic heterocycles. The van der Waals surface area contributed by atoms with E-state index in [4.69, 9.17) is 0 Å². The number of hydrogen-bond acceptors (Lipinski definition) is 8. The van der Waals surface area contributed by atoms with E-state index in [1.54, 1.807) is 11.6 Å². The zero-order chi connectivity index (χ0) is 35.8. The summed E-state index contributed by atoms with van der Waals surface area (Å²) in [6.45, 7) is 7.61. The van der Waals surface area contributed by atoms with E-state index in [-0.39, 0.29) is 50.3 Å². The molecule has 13 heteroatoms. The molecule has 0 unspecified atom stereocenters. The number of rotatable bonds is 16. The van der Waals surface area contributed by atoms with Crippen molar-refractivity contribution in [3.05, 3.63) is 93.4 Å². The molecule has 1 heterocycles. The highest BCUT2D eigenvalue weighted by molar-refractivity contribution is 7.10. The second-order valence-electron chi connectivity index (χ2n) is 12.5. The topological polar surface area (TPSA) is 182 Å². The van der Waals surface area contributed by atoms with Crippen LogP contribution in [0.3, 0.4) is 0 Å². The number of nitriles is 1. The molecule has 2 atom stereocenters. The minimum Gasteiger partial charge on any atom is -0.352 e. The first kappa shape index (κ1) is 38.1. The molecule has 5 amide bonds. The summed E-state index contributed by atoms with van der Waals surface area (Å²) in [4.78, 5) is 69.3. The van der Waals surface area contributed by atoms with Gasteiger partial charge in [-0.25, -0.2) is 4.98 Å². The van der Waals surface area contributed by atoms with E-state index in [1.807, 2.05) is 88.4 Å². The molecule has 12 nitrogen and oxygen atoms in total. The van der Waals surface area contributed by atoms with Gasteiger partial charge >= 0.3 is 0 Å². The van der Waals surface area contributed by atoms with Gasteiger partial charge in [-0.3, -0.25) is 24.0 Å².